The predicted octanol–water partition coefficient (Wildman–Crippen LogP) is -2.33. The largest absolute Gasteiger partial charge is 0.479 e. The van der Waals surface area contributed by atoms with Gasteiger partial charge < -0.3 is 24.7 Å². The van der Waals surface area contributed by atoms with Crippen LogP contribution in [-0.4, -0.2) is 54.5 Å². The highest BCUT2D eigenvalue weighted by molar-refractivity contribution is 7.55. The Morgan fingerprint density at radius 2 is 2.04 bits per heavy atom. The fraction of sp³-hybridized carbons (Fsp3) is 0.556. The third-order valence-corrected chi connectivity index (χ3v) is 5.08. The molecular formula is C9H14N2O11P2. The highest BCUT2D eigenvalue weighted by Crippen LogP contribution is 2.51. The quantitative estimate of drug-likeness (QED) is 0.328. The molecule has 2 rings (SSSR count). The second-order valence-corrected chi connectivity index (χ2v) is 7.14. The second-order valence-electron chi connectivity index (χ2n) is 4.69. The Morgan fingerprint density at radius 1 is 1.38 bits per heavy atom. The molecule has 2 unspecified atom stereocenters. The normalized spacial score (nSPS) is 30.8. The molecule has 1 saturated heterocycles. The number of aromatic amines is 1. The highest BCUT2D eigenvalue weighted by Gasteiger charge is 2.45. The van der Waals surface area contributed by atoms with Gasteiger partial charge in [-0.05, 0) is 0 Å². The van der Waals surface area contributed by atoms with Gasteiger partial charge in [0.15, 0.2) is 6.23 Å². The maximum atomic E-state index is 11.7. The Morgan fingerprint density at radius 3 is 2.62 bits per heavy atom. The number of hydrogen-bond acceptors (Lipinski definition) is 9. The van der Waals surface area contributed by atoms with Gasteiger partial charge in [0.05, 0.1) is 6.61 Å². The Kier molecular flexibility index (Phi) is 5.91. The first kappa shape index (κ1) is 19.2. The molecule has 136 valence electrons. The fourth-order valence-electron chi connectivity index (χ4n) is 2.02. The van der Waals surface area contributed by atoms with E-state index in [1.807, 2.05) is 4.98 Å². The van der Waals surface area contributed by atoms with E-state index in [0.717, 1.165) is 16.8 Å². The molecule has 0 spiro atoms. The zero-order chi connectivity index (χ0) is 18.1. The number of ether oxygens (including phenoxy) is 1. The van der Waals surface area contributed by atoms with E-state index in [1.165, 1.54) is 0 Å². The van der Waals surface area contributed by atoms with Crippen molar-refractivity contribution in [1.29, 1.82) is 0 Å². The number of aliphatic hydroxyl groups is 2. The van der Waals surface area contributed by atoms with Crippen molar-refractivity contribution in [2.45, 2.75) is 24.5 Å². The number of nitrogens with zero attached hydrogens (tertiary/aromatic N) is 1. The maximum absolute atomic E-state index is 11.7. The van der Waals surface area contributed by atoms with E-state index in [1.54, 1.807) is 0 Å². The lowest BCUT2D eigenvalue weighted by molar-refractivity contribution is -0.0540. The van der Waals surface area contributed by atoms with Crippen LogP contribution in [0.4, 0.5) is 0 Å². The van der Waals surface area contributed by atoms with E-state index in [0.29, 0.717) is 0 Å². The van der Waals surface area contributed by atoms with Gasteiger partial charge in [0.2, 0.25) is 0 Å². The van der Waals surface area contributed by atoms with Crippen LogP contribution in [0.5, 0.6) is 0 Å². The molecule has 1 aliphatic rings. The van der Waals surface area contributed by atoms with Gasteiger partial charge in [-0.25, -0.2) is 13.7 Å². The van der Waals surface area contributed by atoms with E-state index in [9.17, 15) is 28.9 Å². The first-order chi connectivity index (χ1) is 11.1. The summed E-state index contributed by atoms with van der Waals surface area (Å²) < 4.78 is 35.9. The molecule has 24 heavy (non-hydrogen) atoms. The molecule has 5 N–H and O–H groups in total. The van der Waals surface area contributed by atoms with Crippen LogP contribution in [0.2, 0.25) is 0 Å². The molecule has 0 radical (unpaired) electrons. The Hall–Kier alpha value is -1.14. The number of aliphatic hydroxyl groups excluding tert-OH is 2. The van der Waals surface area contributed by atoms with E-state index in [4.69, 9.17) is 14.5 Å². The summed E-state index contributed by atoms with van der Waals surface area (Å²) in [5, 5.41) is 19.8. The lowest BCUT2D eigenvalue weighted by Crippen LogP contribution is -2.37. The average molecular weight is 388 g/mol. The summed E-state index contributed by atoms with van der Waals surface area (Å²) in [6.45, 7) is -0.782. The highest BCUT2D eigenvalue weighted by atomic mass is 31.2. The number of aromatic nitrogens is 2. The van der Waals surface area contributed by atoms with Gasteiger partial charge in [0.1, 0.15) is 18.3 Å². The Labute approximate surface area is 133 Å². The van der Waals surface area contributed by atoms with Crippen LogP contribution < -0.4 is 11.2 Å². The smallest absolute Gasteiger partial charge is 0.387 e. The maximum Gasteiger partial charge on any atom is 0.479 e. The van der Waals surface area contributed by atoms with Crippen molar-refractivity contribution in [2.24, 2.45) is 0 Å². The van der Waals surface area contributed by atoms with Crippen molar-refractivity contribution < 1.29 is 42.7 Å². The van der Waals surface area contributed by atoms with E-state index < -0.39 is 58.5 Å². The zero-order valence-corrected chi connectivity index (χ0v) is 13.6. The SMILES string of the molecule is O=c1ccn([C@@H]2O[C@H](COP(=O)(O)O[PH](=O)O)[C@H](O)[C@H]2O)c(=O)[nH]1. The van der Waals surface area contributed by atoms with Crippen LogP contribution in [0.1, 0.15) is 6.23 Å². The average Bonchev–Trinajstić information content (AvgIpc) is 2.72. The second kappa shape index (κ2) is 7.40. The van der Waals surface area contributed by atoms with E-state index >= 15 is 0 Å². The summed E-state index contributed by atoms with van der Waals surface area (Å²) in [7, 11) is -8.60. The standard InChI is InChI=1S/C9H14N2O11P2/c12-5-1-2-11(9(15)10-5)8-7(14)6(13)4(21-8)3-20-24(18,19)22-23(16)17/h1-2,4,6-8,13-14,23H,3H2,(H,16,17)(H,18,19)(H,10,12,15)/t4-,6+,7-,8-/m1/s1. The molecule has 0 aliphatic carbocycles. The lowest BCUT2D eigenvalue weighted by Gasteiger charge is -2.17. The summed E-state index contributed by atoms with van der Waals surface area (Å²) in [5.74, 6) is 0. The molecule has 0 saturated carbocycles. The first-order valence-electron chi connectivity index (χ1n) is 6.33. The van der Waals surface area contributed by atoms with Crippen molar-refractivity contribution in [1.82, 2.24) is 9.55 Å². The summed E-state index contributed by atoms with van der Waals surface area (Å²) in [4.78, 5) is 42.2. The van der Waals surface area contributed by atoms with Crippen molar-refractivity contribution in [3.63, 3.8) is 0 Å². The minimum atomic E-state index is -4.86. The minimum Gasteiger partial charge on any atom is -0.387 e. The molecule has 1 aliphatic heterocycles. The molecular weight excluding hydrogens is 374 g/mol. The van der Waals surface area contributed by atoms with Crippen LogP contribution in [0.25, 0.3) is 0 Å². The molecule has 6 atom stereocenters. The van der Waals surface area contributed by atoms with Crippen molar-refractivity contribution >= 4 is 16.1 Å². The molecule has 0 bridgehead atoms. The Bertz CT molecular complexity index is 775. The topological polar surface area (TPSA) is 198 Å². The Balaban J connectivity index is 2.10. The van der Waals surface area contributed by atoms with Crippen LogP contribution in [0.15, 0.2) is 21.9 Å². The zero-order valence-electron chi connectivity index (χ0n) is 11.7. The van der Waals surface area contributed by atoms with Gasteiger partial charge in [-0.3, -0.25) is 23.4 Å². The van der Waals surface area contributed by atoms with Crippen LogP contribution in [-0.2, 0) is 22.7 Å². The van der Waals surface area contributed by atoms with Gasteiger partial charge in [0.25, 0.3) is 5.56 Å². The first-order valence-corrected chi connectivity index (χ1v) is 9.09. The molecule has 1 aromatic rings. The molecule has 1 fully saturated rings. The lowest BCUT2D eigenvalue weighted by atomic mass is 10.1. The summed E-state index contributed by atoms with van der Waals surface area (Å²) >= 11 is 0. The summed E-state index contributed by atoms with van der Waals surface area (Å²) in [5.41, 5.74) is -1.59. The van der Waals surface area contributed by atoms with E-state index in [2.05, 4.69) is 8.83 Å². The summed E-state index contributed by atoms with van der Waals surface area (Å²) in [6, 6.07) is 0.989. The number of nitrogens with one attached hydrogen (secondary N) is 1. The van der Waals surface area contributed by atoms with Gasteiger partial charge >= 0.3 is 21.8 Å². The van der Waals surface area contributed by atoms with Gasteiger partial charge in [-0.1, -0.05) is 0 Å². The van der Waals surface area contributed by atoms with Crippen LogP contribution >= 0.6 is 16.1 Å². The van der Waals surface area contributed by atoms with Gasteiger partial charge in [0, 0.05) is 12.3 Å². The monoisotopic (exact) mass is 388 g/mol. The molecule has 13 nitrogen and oxygen atoms in total. The third-order valence-electron chi connectivity index (χ3n) is 3.06. The third kappa shape index (κ3) is 4.48. The van der Waals surface area contributed by atoms with Crippen LogP contribution in [0.3, 0.4) is 0 Å². The number of hydrogen-bond donors (Lipinski definition) is 5. The van der Waals surface area contributed by atoms with Crippen molar-refractivity contribution in [3.8, 4) is 0 Å². The molecule has 2 heterocycles. The number of rotatable bonds is 6. The fourth-order valence-corrected chi connectivity index (χ4v) is 3.35. The summed E-state index contributed by atoms with van der Waals surface area (Å²) in [6.07, 6.45) is -4.94. The van der Waals surface area contributed by atoms with Gasteiger partial charge in [-0.15, -0.1) is 0 Å². The molecule has 0 aromatic carbocycles. The predicted molar refractivity (Wildman–Crippen MR) is 75.3 cm³/mol. The van der Waals surface area contributed by atoms with Crippen molar-refractivity contribution in [2.75, 3.05) is 6.61 Å². The van der Waals surface area contributed by atoms with Crippen LogP contribution in [0, 0.1) is 0 Å². The molecule has 15 heteroatoms. The molecule has 1 aromatic heterocycles. The minimum absolute atomic E-state index is 0.679. The number of H-pyrrole nitrogens is 1. The van der Waals surface area contributed by atoms with E-state index in [-0.39, 0.29) is 0 Å². The van der Waals surface area contributed by atoms with Gasteiger partial charge in [-0.2, -0.15) is 0 Å². The van der Waals surface area contributed by atoms with Crippen molar-refractivity contribution in [3.05, 3.63) is 33.1 Å². The number of phosphoric acid groups is 1. The number of phosphoric ester groups is 1. The molecule has 0 amide bonds.